The van der Waals surface area contributed by atoms with E-state index in [9.17, 15) is 10.1 Å². The zero-order valence-corrected chi connectivity index (χ0v) is 16.7. The fourth-order valence-corrected chi connectivity index (χ4v) is 3.17. The van der Waals surface area contributed by atoms with Gasteiger partial charge < -0.3 is 14.8 Å². The third-order valence-electron chi connectivity index (χ3n) is 4.55. The monoisotopic (exact) mass is 405 g/mol. The molecule has 0 aliphatic carbocycles. The first kappa shape index (κ1) is 21.1. The zero-order chi connectivity index (χ0) is 21.3. The summed E-state index contributed by atoms with van der Waals surface area (Å²) in [7, 11) is 0. The second-order valence-electron chi connectivity index (χ2n) is 6.63. The number of fused-ring (bicyclic) bond motifs is 1. The Morgan fingerprint density at radius 3 is 2.70 bits per heavy atom. The van der Waals surface area contributed by atoms with Crippen LogP contribution in [0.15, 0.2) is 54.7 Å². The Labute approximate surface area is 175 Å². The number of nitrogens with one attached hydrogen (secondary N) is 1. The molecule has 0 fully saturated rings. The van der Waals surface area contributed by atoms with Crippen LogP contribution in [0.1, 0.15) is 12.5 Å². The largest absolute Gasteiger partial charge is 0.481 e. The molecule has 7 heteroatoms. The topological polar surface area (TPSA) is 86.5 Å². The van der Waals surface area contributed by atoms with Gasteiger partial charge in [0.15, 0.2) is 0 Å². The Morgan fingerprint density at radius 2 is 2.00 bits per heavy atom. The number of nitrogens with zero attached hydrogens (tertiary/aromatic N) is 2. The number of anilines is 1. The van der Waals surface area contributed by atoms with E-state index in [1.807, 2.05) is 55.5 Å². The maximum absolute atomic E-state index is 11.6. The van der Waals surface area contributed by atoms with Crippen LogP contribution in [0.3, 0.4) is 0 Å². The summed E-state index contributed by atoms with van der Waals surface area (Å²) < 4.78 is 11.0. The molecule has 0 aliphatic rings. The van der Waals surface area contributed by atoms with Crippen LogP contribution >= 0.6 is 0 Å². The lowest BCUT2D eigenvalue weighted by molar-refractivity contribution is -0.384. The Hall–Kier alpha value is -3.63. The summed E-state index contributed by atoms with van der Waals surface area (Å²) >= 11 is 0. The fraction of sp³-hybridized carbons (Fsp3) is 0.261. The lowest BCUT2D eigenvalue weighted by atomic mass is 10.0. The van der Waals surface area contributed by atoms with Crippen LogP contribution in [0.4, 0.5) is 11.4 Å². The van der Waals surface area contributed by atoms with Crippen LogP contribution < -0.4 is 10.1 Å². The van der Waals surface area contributed by atoms with Crippen molar-refractivity contribution in [2.24, 2.45) is 0 Å². The van der Waals surface area contributed by atoms with Crippen molar-refractivity contribution >= 4 is 22.3 Å². The predicted octanol–water partition coefficient (Wildman–Crippen LogP) is 4.21. The summed E-state index contributed by atoms with van der Waals surface area (Å²) in [6.45, 7) is 3.08. The fourth-order valence-electron chi connectivity index (χ4n) is 3.17. The molecule has 3 aromatic rings. The van der Waals surface area contributed by atoms with E-state index < -0.39 is 4.92 Å². The number of ether oxygens (including phenoxy) is 2. The molecule has 1 aromatic heterocycles. The molecule has 0 aliphatic heterocycles. The second kappa shape index (κ2) is 10.2. The van der Waals surface area contributed by atoms with Gasteiger partial charge in [0.25, 0.3) is 0 Å². The number of benzene rings is 2. The third-order valence-corrected chi connectivity index (χ3v) is 4.55. The quantitative estimate of drug-likeness (QED) is 0.309. The molecule has 0 saturated carbocycles. The van der Waals surface area contributed by atoms with Gasteiger partial charge in [0.1, 0.15) is 24.2 Å². The first-order valence-corrected chi connectivity index (χ1v) is 9.64. The minimum absolute atomic E-state index is 0.0618. The van der Waals surface area contributed by atoms with Gasteiger partial charge in [-0.05, 0) is 37.1 Å². The summed E-state index contributed by atoms with van der Waals surface area (Å²) in [5, 5.41) is 15.6. The highest BCUT2D eigenvalue weighted by molar-refractivity contribution is 5.95. The van der Waals surface area contributed by atoms with Gasteiger partial charge in [-0.25, -0.2) is 4.98 Å². The number of nitro groups is 1. The number of aromatic nitrogens is 1. The molecule has 0 bridgehead atoms. The Bertz CT molecular complexity index is 1040. The molecule has 154 valence electrons. The molecule has 0 radical (unpaired) electrons. The predicted molar refractivity (Wildman–Crippen MR) is 117 cm³/mol. The highest BCUT2D eigenvalue weighted by Crippen LogP contribution is 2.32. The highest BCUT2D eigenvalue weighted by Gasteiger charge is 2.21. The van der Waals surface area contributed by atoms with Crippen molar-refractivity contribution in [3.63, 3.8) is 0 Å². The van der Waals surface area contributed by atoms with E-state index in [4.69, 9.17) is 15.9 Å². The molecule has 1 heterocycles. The molecule has 0 saturated heterocycles. The average molecular weight is 405 g/mol. The number of para-hydroxylation sites is 1. The summed E-state index contributed by atoms with van der Waals surface area (Å²) in [6, 6.07) is 14.8. The molecule has 1 atom stereocenters. The molecule has 2 aromatic carbocycles. The van der Waals surface area contributed by atoms with Crippen LogP contribution in [0.2, 0.25) is 0 Å². The van der Waals surface area contributed by atoms with Crippen molar-refractivity contribution in [1.82, 2.24) is 4.98 Å². The molecule has 0 spiro atoms. The smallest absolute Gasteiger partial charge is 0.311 e. The summed E-state index contributed by atoms with van der Waals surface area (Å²) in [4.78, 5) is 15.4. The van der Waals surface area contributed by atoms with Crippen molar-refractivity contribution in [2.45, 2.75) is 19.4 Å². The lowest BCUT2D eigenvalue weighted by Crippen LogP contribution is -2.28. The minimum Gasteiger partial charge on any atom is -0.481 e. The normalized spacial score (nSPS) is 11.6. The molecular formula is C23H23N3O4. The number of hydrogen-bond donors (Lipinski definition) is 1. The number of rotatable bonds is 10. The third kappa shape index (κ3) is 5.25. The van der Waals surface area contributed by atoms with Crippen molar-refractivity contribution < 1.29 is 14.4 Å². The Morgan fingerprint density at radius 1 is 1.23 bits per heavy atom. The van der Waals surface area contributed by atoms with Crippen molar-refractivity contribution in [1.29, 1.82) is 0 Å². The molecule has 7 nitrogen and oxygen atoms in total. The Balaban J connectivity index is 1.87. The Kier molecular flexibility index (Phi) is 7.19. The van der Waals surface area contributed by atoms with E-state index in [2.05, 4.69) is 16.2 Å². The SMILES string of the molecule is C#CCOc1ccc(CC(COCC)Nc2c([N+](=O)[O-])cnc3ccccc23)cc1. The minimum atomic E-state index is -0.420. The molecular weight excluding hydrogens is 382 g/mol. The summed E-state index contributed by atoms with van der Waals surface area (Å²) in [5.74, 6) is 3.13. The molecule has 0 amide bonds. The van der Waals surface area contributed by atoms with Crippen molar-refractivity contribution in [3.05, 3.63) is 70.4 Å². The molecule has 30 heavy (non-hydrogen) atoms. The molecule has 1 unspecified atom stereocenters. The van der Waals surface area contributed by atoms with Crippen LogP contribution in [0.5, 0.6) is 5.75 Å². The first-order chi connectivity index (χ1) is 14.6. The molecule has 1 N–H and O–H groups in total. The van der Waals surface area contributed by atoms with Crippen LogP contribution in [-0.4, -0.2) is 35.8 Å². The lowest BCUT2D eigenvalue weighted by Gasteiger charge is -2.21. The summed E-state index contributed by atoms with van der Waals surface area (Å²) in [6.07, 6.45) is 7.12. The number of hydrogen-bond acceptors (Lipinski definition) is 6. The van der Waals surface area contributed by atoms with Crippen molar-refractivity contribution in [3.8, 4) is 18.1 Å². The van der Waals surface area contributed by atoms with Gasteiger partial charge >= 0.3 is 5.69 Å². The van der Waals surface area contributed by atoms with Gasteiger partial charge in [-0.3, -0.25) is 10.1 Å². The van der Waals surface area contributed by atoms with E-state index >= 15 is 0 Å². The van der Waals surface area contributed by atoms with Gasteiger partial charge in [-0.2, -0.15) is 0 Å². The van der Waals surface area contributed by atoms with E-state index in [0.29, 0.717) is 42.0 Å². The van der Waals surface area contributed by atoms with Crippen molar-refractivity contribution in [2.75, 3.05) is 25.1 Å². The zero-order valence-electron chi connectivity index (χ0n) is 16.7. The van der Waals surface area contributed by atoms with E-state index in [1.54, 1.807) is 0 Å². The van der Waals surface area contributed by atoms with Crippen LogP contribution in [-0.2, 0) is 11.2 Å². The standard InChI is InChI=1S/C23H23N3O4/c1-3-13-30-19-11-9-17(10-12-19)14-18(16-29-4-2)25-23-20-7-5-6-8-21(20)24-15-22(23)26(27)28/h1,5-12,15,18H,4,13-14,16H2,2H3,(H,24,25). The maximum atomic E-state index is 11.6. The van der Waals surface area contributed by atoms with Gasteiger partial charge in [-0.15, -0.1) is 6.42 Å². The van der Waals surface area contributed by atoms with Gasteiger partial charge in [-0.1, -0.05) is 36.3 Å². The second-order valence-corrected chi connectivity index (χ2v) is 6.63. The van der Waals surface area contributed by atoms with E-state index in [0.717, 1.165) is 5.56 Å². The first-order valence-electron chi connectivity index (χ1n) is 9.64. The van der Waals surface area contributed by atoms with Crippen LogP contribution in [0.25, 0.3) is 10.9 Å². The maximum Gasteiger partial charge on any atom is 0.311 e. The number of terminal acetylenes is 1. The van der Waals surface area contributed by atoms with Gasteiger partial charge in [0.05, 0.1) is 23.1 Å². The van der Waals surface area contributed by atoms with E-state index in [-0.39, 0.29) is 18.3 Å². The van der Waals surface area contributed by atoms with Gasteiger partial charge in [0, 0.05) is 12.0 Å². The van der Waals surface area contributed by atoms with E-state index in [1.165, 1.54) is 6.20 Å². The van der Waals surface area contributed by atoms with Gasteiger partial charge in [0.2, 0.25) is 0 Å². The highest BCUT2D eigenvalue weighted by atomic mass is 16.6. The van der Waals surface area contributed by atoms with Crippen LogP contribution in [0, 0.1) is 22.5 Å². The summed E-state index contributed by atoms with van der Waals surface area (Å²) in [5.41, 5.74) is 2.12. The average Bonchev–Trinajstić information content (AvgIpc) is 2.77. The molecule has 3 rings (SSSR count). The number of pyridine rings is 1.